The van der Waals surface area contributed by atoms with Gasteiger partial charge in [0.15, 0.2) is 11.5 Å². The summed E-state index contributed by atoms with van der Waals surface area (Å²) < 4.78 is 11.2. The minimum absolute atomic E-state index is 0.0209. The average molecular weight is 344 g/mol. The number of nitrogens with zero attached hydrogens (tertiary/aromatic N) is 2. The van der Waals surface area contributed by atoms with E-state index in [4.69, 9.17) is 9.47 Å². The van der Waals surface area contributed by atoms with Gasteiger partial charge in [-0.25, -0.2) is 0 Å². The second-order valence-electron chi connectivity index (χ2n) is 7.40. The Labute approximate surface area is 147 Å². The molecule has 0 saturated carbocycles. The lowest BCUT2D eigenvalue weighted by molar-refractivity contribution is -0.143. The third kappa shape index (κ3) is 2.64. The molecule has 1 spiro atoms. The molecule has 25 heavy (non-hydrogen) atoms. The van der Waals surface area contributed by atoms with Crippen LogP contribution in [0.25, 0.3) is 0 Å². The fourth-order valence-corrected chi connectivity index (χ4v) is 4.28. The lowest BCUT2D eigenvalue weighted by Gasteiger charge is -2.37. The Kier molecular flexibility index (Phi) is 3.85. The number of carbonyl (C=O) groups is 2. The van der Waals surface area contributed by atoms with Gasteiger partial charge in [-0.3, -0.25) is 9.59 Å². The highest BCUT2D eigenvalue weighted by Gasteiger charge is 2.48. The Hall–Kier alpha value is -2.24. The zero-order chi connectivity index (χ0) is 17.6. The number of carbonyl (C=O) groups excluding carboxylic acids is 2. The minimum Gasteiger partial charge on any atom is -0.486 e. The number of fused-ring (bicyclic) bond motifs is 1. The molecule has 4 rings (SSSR count). The van der Waals surface area contributed by atoms with E-state index in [0.717, 1.165) is 31.4 Å². The van der Waals surface area contributed by atoms with Crippen LogP contribution in [-0.4, -0.2) is 61.5 Å². The van der Waals surface area contributed by atoms with Gasteiger partial charge in [0, 0.05) is 32.2 Å². The highest BCUT2D eigenvalue weighted by molar-refractivity contribution is 5.97. The van der Waals surface area contributed by atoms with E-state index in [1.165, 1.54) is 0 Å². The number of piperidine rings is 1. The van der Waals surface area contributed by atoms with Gasteiger partial charge in [0.2, 0.25) is 5.91 Å². The molecule has 0 N–H and O–H groups in total. The van der Waals surface area contributed by atoms with Crippen molar-refractivity contribution in [3.63, 3.8) is 0 Å². The first-order chi connectivity index (χ1) is 12.0. The summed E-state index contributed by atoms with van der Waals surface area (Å²) in [6.07, 6.45) is 2.64. The molecule has 6 heteroatoms. The summed E-state index contributed by atoms with van der Waals surface area (Å²) in [5.74, 6) is 1.49. The number of rotatable bonds is 1. The fourth-order valence-electron chi connectivity index (χ4n) is 4.28. The Bertz CT molecular complexity index is 732. The van der Waals surface area contributed by atoms with E-state index in [1.54, 1.807) is 6.07 Å². The number of amides is 2. The Balaban J connectivity index is 1.57. The Morgan fingerprint density at radius 2 is 1.84 bits per heavy atom. The molecular formula is C19H24N2O4. The van der Waals surface area contributed by atoms with E-state index < -0.39 is 0 Å². The molecule has 2 fully saturated rings. The molecule has 134 valence electrons. The maximum atomic E-state index is 13.1. The van der Waals surface area contributed by atoms with Crippen molar-refractivity contribution in [3.05, 3.63) is 23.3 Å². The summed E-state index contributed by atoms with van der Waals surface area (Å²) >= 11 is 0. The average Bonchev–Trinajstić information content (AvgIpc) is 3.03. The van der Waals surface area contributed by atoms with E-state index in [0.29, 0.717) is 43.4 Å². The van der Waals surface area contributed by atoms with Gasteiger partial charge in [-0.2, -0.15) is 0 Å². The minimum atomic E-state index is -0.385. The Morgan fingerprint density at radius 3 is 2.60 bits per heavy atom. The highest BCUT2D eigenvalue weighted by Crippen LogP contribution is 2.41. The summed E-state index contributed by atoms with van der Waals surface area (Å²) in [6, 6.07) is 3.65. The number of likely N-dealkylation sites (tertiary alicyclic amines) is 2. The first-order valence-electron chi connectivity index (χ1n) is 8.95. The van der Waals surface area contributed by atoms with Crippen LogP contribution >= 0.6 is 0 Å². The molecule has 2 saturated heterocycles. The normalized spacial score (nSPS) is 25.6. The predicted molar refractivity (Wildman–Crippen MR) is 92.0 cm³/mol. The lowest BCUT2D eigenvalue weighted by Crippen LogP contribution is -2.48. The summed E-state index contributed by atoms with van der Waals surface area (Å²) in [4.78, 5) is 29.4. The summed E-state index contributed by atoms with van der Waals surface area (Å²) in [6.45, 7) is 4.91. The summed E-state index contributed by atoms with van der Waals surface area (Å²) in [5.41, 5.74) is 1.13. The first-order valence-corrected chi connectivity index (χ1v) is 8.95. The van der Waals surface area contributed by atoms with Gasteiger partial charge in [0.1, 0.15) is 13.2 Å². The maximum Gasteiger partial charge on any atom is 0.254 e. The molecule has 3 aliphatic heterocycles. The Morgan fingerprint density at radius 1 is 1.12 bits per heavy atom. The quantitative estimate of drug-likeness (QED) is 0.780. The molecule has 1 aromatic rings. The van der Waals surface area contributed by atoms with E-state index in [1.807, 2.05) is 29.8 Å². The van der Waals surface area contributed by atoms with Crippen molar-refractivity contribution >= 4 is 11.8 Å². The summed E-state index contributed by atoms with van der Waals surface area (Å²) in [7, 11) is 1.86. The summed E-state index contributed by atoms with van der Waals surface area (Å²) in [5, 5.41) is 0. The largest absolute Gasteiger partial charge is 0.486 e. The van der Waals surface area contributed by atoms with Crippen molar-refractivity contribution < 1.29 is 19.1 Å². The van der Waals surface area contributed by atoms with Gasteiger partial charge >= 0.3 is 0 Å². The van der Waals surface area contributed by atoms with Crippen LogP contribution < -0.4 is 9.47 Å². The van der Waals surface area contributed by atoms with Gasteiger partial charge in [-0.05, 0) is 43.9 Å². The molecule has 6 nitrogen and oxygen atoms in total. The lowest BCUT2D eigenvalue weighted by atomic mass is 9.78. The zero-order valence-corrected chi connectivity index (χ0v) is 14.8. The third-order valence-corrected chi connectivity index (χ3v) is 5.71. The van der Waals surface area contributed by atoms with E-state index in [9.17, 15) is 9.59 Å². The molecule has 0 aromatic heterocycles. The van der Waals surface area contributed by atoms with Crippen LogP contribution in [-0.2, 0) is 4.79 Å². The molecule has 1 atom stereocenters. The van der Waals surface area contributed by atoms with Crippen molar-refractivity contribution in [3.8, 4) is 11.5 Å². The van der Waals surface area contributed by atoms with E-state index in [2.05, 4.69) is 0 Å². The van der Waals surface area contributed by atoms with Crippen molar-refractivity contribution in [2.24, 2.45) is 5.41 Å². The molecular weight excluding hydrogens is 320 g/mol. The maximum absolute atomic E-state index is 13.1. The number of aryl methyl sites for hydroxylation is 1. The third-order valence-electron chi connectivity index (χ3n) is 5.71. The molecule has 0 unspecified atom stereocenters. The second kappa shape index (κ2) is 5.93. The molecule has 2 amide bonds. The smallest absolute Gasteiger partial charge is 0.254 e. The van der Waals surface area contributed by atoms with Gasteiger partial charge in [-0.15, -0.1) is 0 Å². The van der Waals surface area contributed by atoms with Crippen LogP contribution in [0.15, 0.2) is 12.1 Å². The van der Waals surface area contributed by atoms with Crippen LogP contribution in [0.3, 0.4) is 0 Å². The molecule has 3 aliphatic rings. The van der Waals surface area contributed by atoms with Gasteiger partial charge in [0.25, 0.3) is 5.91 Å². The van der Waals surface area contributed by atoms with Crippen molar-refractivity contribution in [1.29, 1.82) is 0 Å². The standard InChI is InChI=1S/C19H24N2O4/c1-13-10-15-16(25-9-8-24-15)11-14(13)17(22)21-7-5-19(12-21)4-3-6-20(2)18(19)23/h10-11H,3-9,12H2,1-2H3/t19-/m0/s1. The molecule has 0 radical (unpaired) electrons. The first kappa shape index (κ1) is 16.2. The van der Waals surface area contributed by atoms with Crippen molar-refractivity contribution in [2.75, 3.05) is 39.9 Å². The monoisotopic (exact) mass is 344 g/mol. The second-order valence-corrected chi connectivity index (χ2v) is 7.40. The van der Waals surface area contributed by atoms with E-state index in [-0.39, 0.29) is 17.2 Å². The fraction of sp³-hybridized carbons (Fsp3) is 0.579. The number of benzene rings is 1. The number of ether oxygens (including phenoxy) is 2. The molecule has 0 aliphatic carbocycles. The molecule has 0 bridgehead atoms. The van der Waals surface area contributed by atoms with Crippen LogP contribution in [0, 0.1) is 12.3 Å². The zero-order valence-electron chi connectivity index (χ0n) is 14.8. The van der Waals surface area contributed by atoms with Crippen LogP contribution in [0.5, 0.6) is 11.5 Å². The topological polar surface area (TPSA) is 59.1 Å². The van der Waals surface area contributed by atoms with Crippen molar-refractivity contribution in [2.45, 2.75) is 26.2 Å². The van der Waals surface area contributed by atoms with Gasteiger partial charge in [-0.1, -0.05) is 0 Å². The van der Waals surface area contributed by atoms with Crippen molar-refractivity contribution in [1.82, 2.24) is 9.80 Å². The van der Waals surface area contributed by atoms with Crippen LogP contribution in [0.2, 0.25) is 0 Å². The van der Waals surface area contributed by atoms with Gasteiger partial charge in [0.05, 0.1) is 5.41 Å². The van der Waals surface area contributed by atoms with Crippen LogP contribution in [0.4, 0.5) is 0 Å². The molecule has 3 heterocycles. The van der Waals surface area contributed by atoms with E-state index >= 15 is 0 Å². The van der Waals surface area contributed by atoms with Crippen LogP contribution in [0.1, 0.15) is 35.2 Å². The SMILES string of the molecule is Cc1cc2c(cc1C(=O)N1CC[C@@]3(CCCN(C)C3=O)C1)OCCO2. The predicted octanol–water partition coefficient (Wildman–Crippen LogP) is 1.85. The van der Waals surface area contributed by atoms with Gasteiger partial charge < -0.3 is 19.3 Å². The number of hydrogen-bond donors (Lipinski definition) is 0. The highest BCUT2D eigenvalue weighted by atomic mass is 16.6. The molecule has 1 aromatic carbocycles. The number of hydrogen-bond acceptors (Lipinski definition) is 4.